The van der Waals surface area contributed by atoms with E-state index in [0.29, 0.717) is 12.8 Å². The van der Waals surface area contributed by atoms with Crippen molar-refractivity contribution >= 4 is 16.8 Å². The summed E-state index contributed by atoms with van der Waals surface area (Å²) in [4.78, 5) is 15.8. The molecule has 1 amide bonds. The van der Waals surface area contributed by atoms with Crippen molar-refractivity contribution in [2.24, 2.45) is 11.5 Å². The summed E-state index contributed by atoms with van der Waals surface area (Å²) in [5.74, 6) is 0.302. The first-order chi connectivity index (χ1) is 10.1. The van der Waals surface area contributed by atoms with Gasteiger partial charge in [0.2, 0.25) is 5.91 Å². The molecule has 1 heterocycles. The second-order valence-electron chi connectivity index (χ2n) is 5.71. The zero-order valence-electron chi connectivity index (χ0n) is 11.8. The third-order valence-electron chi connectivity index (χ3n) is 4.11. The minimum absolute atomic E-state index is 0.0857. The predicted octanol–water partition coefficient (Wildman–Crippen LogP) is 1.74. The summed E-state index contributed by atoms with van der Waals surface area (Å²) >= 11 is 0. The number of nitrogens with two attached hydrogens (primary N) is 2. The maximum atomic E-state index is 11.5. The molecule has 0 bridgehead atoms. The zero-order valence-corrected chi connectivity index (χ0v) is 11.8. The molecule has 21 heavy (non-hydrogen) atoms. The maximum Gasteiger partial charge on any atom is 0.237 e. The Labute approximate surface area is 123 Å². The van der Waals surface area contributed by atoms with Crippen molar-refractivity contribution in [3.05, 3.63) is 36.5 Å². The second-order valence-corrected chi connectivity index (χ2v) is 5.71. The van der Waals surface area contributed by atoms with Crippen LogP contribution in [0.15, 0.2) is 36.5 Å². The van der Waals surface area contributed by atoms with Gasteiger partial charge in [0.25, 0.3) is 0 Å². The third-order valence-corrected chi connectivity index (χ3v) is 4.11. The number of fused-ring (bicyclic) bond motifs is 1. The van der Waals surface area contributed by atoms with Gasteiger partial charge >= 0.3 is 0 Å². The number of hydrogen-bond donors (Lipinski definition) is 2. The van der Waals surface area contributed by atoms with Gasteiger partial charge in [-0.05, 0) is 37.5 Å². The maximum absolute atomic E-state index is 11.5. The normalized spacial score (nSPS) is 25.7. The average molecular weight is 285 g/mol. The van der Waals surface area contributed by atoms with E-state index in [1.807, 2.05) is 30.3 Å². The smallest absolute Gasteiger partial charge is 0.237 e. The van der Waals surface area contributed by atoms with Gasteiger partial charge < -0.3 is 16.2 Å². The number of benzene rings is 1. The Hall–Kier alpha value is -2.14. The lowest BCUT2D eigenvalue weighted by Gasteiger charge is -2.35. The van der Waals surface area contributed by atoms with Crippen LogP contribution in [0.2, 0.25) is 0 Å². The van der Waals surface area contributed by atoms with Gasteiger partial charge in [0.1, 0.15) is 11.9 Å². The van der Waals surface area contributed by atoms with Crippen molar-refractivity contribution in [1.29, 1.82) is 0 Å². The number of carbonyl (C=O) groups is 1. The quantitative estimate of drug-likeness (QED) is 0.898. The summed E-state index contributed by atoms with van der Waals surface area (Å²) in [6.45, 7) is 0. The fraction of sp³-hybridized carbons (Fsp3) is 0.375. The lowest BCUT2D eigenvalue weighted by Crippen LogP contribution is -2.56. The molecule has 3 rings (SSSR count). The highest BCUT2D eigenvalue weighted by Gasteiger charge is 2.38. The van der Waals surface area contributed by atoms with Gasteiger partial charge in [0.05, 0.1) is 11.1 Å². The monoisotopic (exact) mass is 285 g/mol. The van der Waals surface area contributed by atoms with E-state index in [4.69, 9.17) is 16.2 Å². The molecule has 0 spiro atoms. The van der Waals surface area contributed by atoms with Crippen molar-refractivity contribution in [2.45, 2.75) is 37.3 Å². The van der Waals surface area contributed by atoms with E-state index in [-0.39, 0.29) is 6.10 Å². The Morgan fingerprint density at radius 3 is 3.05 bits per heavy atom. The molecule has 1 aliphatic rings. The van der Waals surface area contributed by atoms with Crippen LogP contribution in [0.5, 0.6) is 5.75 Å². The van der Waals surface area contributed by atoms with Crippen LogP contribution >= 0.6 is 0 Å². The van der Waals surface area contributed by atoms with Gasteiger partial charge in [0, 0.05) is 24.1 Å². The van der Waals surface area contributed by atoms with Crippen LogP contribution in [0, 0.1) is 0 Å². The Morgan fingerprint density at radius 1 is 1.38 bits per heavy atom. The molecule has 2 unspecified atom stereocenters. The average Bonchev–Trinajstić information content (AvgIpc) is 2.47. The Kier molecular flexibility index (Phi) is 3.51. The van der Waals surface area contributed by atoms with Gasteiger partial charge in [-0.2, -0.15) is 0 Å². The molecule has 0 saturated heterocycles. The second kappa shape index (κ2) is 5.33. The van der Waals surface area contributed by atoms with Crippen molar-refractivity contribution in [3.8, 4) is 5.75 Å². The summed E-state index contributed by atoms with van der Waals surface area (Å²) in [7, 11) is 0. The highest BCUT2D eigenvalue weighted by Crippen LogP contribution is 2.30. The van der Waals surface area contributed by atoms with E-state index in [0.717, 1.165) is 29.5 Å². The molecular weight excluding hydrogens is 266 g/mol. The van der Waals surface area contributed by atoms with Gasteiger partial charge in [-0.15, -0.1) is 0 Å². The van der Waals surface area contributed by atoms with E-state index in [9.17, 15) is 4.79 Å². The van der Waals surface area contributed by atoms with Crippen LogP contribution in [-0.2, 0) is 4.79 Å². The summed E-state index contributed by atoms with van der Waals surface area (Å²) in [6.07, 6.45) is 4.48. The molecule has 5 nitrogen and oxygen atoms in total. The van der Waals surface area contributed by atoms with Crippen molar-refractivity contribution < 1.29 is 9.53 Å². The summed E-state index contributed by atoms with van der Waals surface area (Å²) < 4.78 is 5.98. The minimum atomic E-state index is -0.946. The van der Waals surface area contributed by atoms with Crippen LogP contribution in [-0.4, -0.2) is 22.5 Å². The number of aromatic nitrogens is 1. The molecule has 0 radical (unpaired) electrons. The number of rotatable bonds is 3. The number of hydrogen-bond acceptors (Lipinski definition) is 4. The standard InChI is InChI=1S/C16H19N3O2/c17-15(20)16(18)7-1-4-13(10-16)21-12-6-5-11-3-2-8-19-14(11)9-12/h2-3,5-6,8-9,13H,1,4,7,10,18H2,(H2,17,20). The van der Waals surface area contributed by atoms with Gasteiger partial charge in [-0.3, -0.25) is 9.78 Å². The first kappa shape index (κ1) is 13.8. The first-order valence-corrected chi connectivity index (χ1v) is 7.17. The Bertz CT molecular complexity index is 673. The summed E-state index contributed by atoms with van der Waals surface area (Å²) in [6, 6.07) is 9.71. The van der Waals surface area contributed by atoms with Gasteiger partial charge in [-0.25, -0.2) is 0 Å². The highest BCUT2D eigenvalue weighted by atomic mass is 16.5. The molecule has 1 aliphatic carbocycles. The number of pyridine rings is 1. The molecule has 1 saturated carbocycles. The Morgan fingerprint density at radius 2 is 2.24 bits per heavy atom. The van der Waals surface area contributed by atoms with Crippen molar-refractivity contribution in [1.82, 2.24) is 4.98 Å². The molecule has 1 fully saturated rings. The SMILES string of the molecule is NC(=O)C1(N)CCCC(Oc2ccc3cccnc3c2)C1. The van der Waals surface area contributed by atoms with Gasteiger partial charge in [-0.1, -0.05) is 6.07 Å². The van der Waals surface area contributed by atoms with E-state index in [2.05, 4.69) is 4.98 Å². The minimum Gasteiger partial charge on any atom is -0.490 e. The van der Waals surface area contributed by atoms with E-state index in [1.165, 1.54) is 0 Å². The van der Waals surface area contributed by atoms with Crippen LogP contribution in [0.3, 0.4) is 0 Å². The fourth-order valence-electron chi connectivity index (χ4n) is 2.89. The molecule has 1 aromatic heterocycles. The largest absolute Gasteiger partial charge is 0.490 e. The van der Waals surface area contributed by atoms with E-state index < -0.39 is 11.4 Å². The zero-order chi connectivity index (χ0) is 14.9. The lowest BCUT2D eigenvalue weighted by atomic mass is 9.80. The third kappa shape index (κ3) is 2.83. The molecule has 2 aromatic rings. The van der Waals surface area contributed by atoms with Gasteiger partial charge in [0.15, 0.2) is 0 Å². The number of nitrogens with zero attached hydrogens (tertiary/aromatic N) is 1. The number of primary amides is 1. The number of carbonyl (C=O) groups excluding carboxylic acids is 1. The van der Waals surface area contributed by atoms with E-state index in [1.54, 1.807) is 6.20 Å². The Balaban J connectivity index is 1.77. The topological polar surface area (TPSA) is 91.2 Å². The highest BCUT2D eigenvalue weighted by molar-refractivity contribution is 5.84. The molecule has 1 aromatic carbocycles. The van der Waals surface area contributed by atoms with E-state index >= 15 is 0 Å². The lowest BCUT2D eigenvalue weighted by molar-refractivity contribution is -0.125. The molecule has 5 heteroatoms. The molecular formula is C16H19N3O2. The van der Waals surface area contributed by atoms with Crippen LogP contribution < -0.4 is 16.2 Å². The molecule has 2 atom stereocenters. The molecule has 4 N–H and O–H groups in total. The predicted molar refractivity (Wildman–Crippen MR) is 80.7 cm³/mol. The number of ether oxygens (including phenoxy) is 1. The summed E-state index contributed by atoms with van der Waals surface area (Å²) in [5.41, 5.74) is 11.4. The summed E-state index contributed by atoms with van der Waals surface area (Å²) in [5, 5.41) is 1.07. The van der Waals surface area contributed by atoms with Crippen LogP contribution in [0.25, 0.3) is 10.9 Å². The first-order valence-electron chi connectivity index (χ1n) is 7.17. The molecule has 110 valence electrons. The van der Waals surface area contributed by atoms with Crippen LogP contribution in [0.1, 0.15) is 25.7 Å². The molecule has 0 aliphatic heterocycles. The van der Waals surface area contributed by atoms with Crippen LogP contribution in [0.4, 0.5) is 0 Å². The number of amides is 1. The van der Waals surface area contributed by atoms with Crippen molar-refractivity contribution in [3.63, 3.8) is 0 Å². The van der Waals surface area contributed by atoms with Crippen molar-refractivity contribution in [2.75, 3.05) is 0 Å². The fourth-order valence-corrected chi connectivity index (χ4v) is 2.89.